The van der Waals surface area contributed by atoms with Crippen LogP contribution >= 0.6 is 0 Å². The zero-order valence-electron chi connectivity index (χ0n) is 14.9. The van der Waals surface area contributed by atoms with Gasteiger partial charge in [-0.1, -0.05) is 11.2 Å². The van der Waals surface area contributed by atoms with E-state index in [1.807, 2.05) is 0 Å². The molecule has 0 bridgehead atoms. The number of rotatable bonds is 7. The van der Waals surface area contributed by atoms with E-state index in [2.05, 4.69) is 15.6 Å². The van der Waals surface area contributed by atoms with Crippen molar-refractivity contribution in [3.63, 3.8) is 0 Å². The molecule has 2 heterocycles. The van der Waals surface area contributed by atoms with Crippen LogP contribution in [-0.4, -0.2) is 27.4 Å². The molecule has 1 N–H and O–H groups in total. The van der Waals surface area contributed by atoms with Crippen LogP contribution in [0.2, 0.25) is 0 Å². The molecule has 0 spiro atoms. The molecule has 10 heteroatoms. The van der Waals surface area contributed by atoms with Crippen molar-refractivity contribution in [1.29, 1.82) is 0 Å². The number of hydrogen-bond acceptors (Lipinski definition) is 5. The minimum atomic E-state index is -4.47. The molecule has 2 aromatic heterocycles. The Balaban J connectivity index is 1.63. The second-order valence-electron chi connectivity index (χ2n) is 5.91. The van der Waals surface area contributed by atoms with Gasteiger partial charge in [-0.3, -0.25) is 9.48 Å². The first-order chi connectivity index (χ1) is 13.3. The van der Waals surface area contributed by atoms with Gasteiger partial charge in [0.05, 0.1) is 17.7 Å². The van der Waals surface area contributed by atoms with E-state index in [0.29, 0.717) is 24.4 Å². The van der Waals surface area contributed by atoms with Crippen LogP contribution in [0.25, 0.3) is 0 Å². The van der Waals surface area contributed by atoms with E-state index in [-0.39, 0.29) is 18.1 Å². The highest BCUT2D eigenvalue weighted by atomic mass is 19.4. The van der Waals surface area contributed by atoms with E-state index in [1.165, 1.54) is 12.1 Å². The number of benzene rings is 1. The van der Waals surface area contributed by atoms with Gasteiger partial charge in [0.15, 0.2) is 5.69 Å². The Morgan fingerprint density at radius 1 is 1.32 bits per heavy atom. The predicted molar refractivity (Wildman–Crippen MR) is 91.6 cm³/mol. The molecule has 0 unspecified atom stereocenters. The van der Waals surface area contributed by atoms with Gasteiger partial charge in [0.1, 0.15) is 18.1 Å². The van der Waals surface area contributed by atoms with Crippen LogP contribution in [0.15, 0.2) is 47.2 Å². The third-order valence-electron chi connectivity index (χ3n) is 3.93. The Morgan fingerprint density at radius 2 is 2.14 bits per heavy atom. The molecule has 7 nitrogen and oxygen atoms in total. The number of carbonyl (C=O) groups is 1. The van der Waals surface area contributed by atoms with Crippen LogP contribution in [0.4, 0.5) is 13.2 Å². The van der Waals surface area contributed by atoms with E-state index in [4.69, 9.17) is 9.26 Å². The summed E-state index contributed by atoms with van der Waals surface area (Å²) in [6, 6.07) is 6.28. The number of aromatic nitrogens is 3. The van der Waals surface area contributed by atoms with Gasteiger partial charge in [0.25, 0.3) is 5.91 Å². The average molecular weight is 394 g/mol. The predicted octanol–water partition coefficient (Wildman–Crippen LogP) is 3.21. The Bertz CT molecular complexity index is 936. The van der Waals surface area contributed by atoms with Crippen molar-refractivity contribution in [1.82, 2.24) is 20.3 Å². The van der Waals surface area contributed by atoms with Crippen molar-refractivity contribution in [3.05, 3.63) is 65.3 Å². The number of ether oxygens (including phenoxy) is 1. The summed E-state index contributed by atoms with van der Waals surface area (Å²) in [4.78, 5) is 12.3. The van der Waals surface area contributed by atoms with Crippen molar-refractivity contribution >= 4 is 5.91 Å². The zero-order chi connectivity index (χ0) is 20.1. The highest BCUT2D eigenvalue weighted by Gasteiger charge is 2.30. The molecular weight excluding hydrogens is 377 g/mol. The molecule has 1 aromatic carbocycles. The Morgan fingerprint density at radius 3 is 2.86 bits per heavy atom. The molecule has 0 aliphatic rings. The maximum atomic E-state index is 12.8. The molecule has 0 radical (unpaired) electrons. The van der Waals surface area contributed by atoms with Gasteiger partial charge in [-0.2, -0.15) is 18.3 Å². The molecule has 0 saturated heterocycles. The highest BCUT2D eigenvalue weighted by molar-refractivity contribution is 5.93. The van der Waals surface area contributed by atoms with Crippen LogP contribution in [0, 0.1) is 6.92 Å². The van der Waals surface area contributed by atoms with Gasteiger partial charge >= 0.3 is 6.18 Å². The second kappa shape index (κ2) is 8.15. The maximum absolute atomic E-state index is 12.8. The lowest BCUT2D eigenvalue weighted by atomic mass is 10.2. The molecule has 0 aliphatic carbocycles. The molecule has 1 amide bonds. The summed E-state index contributed by atoms with van der Waals surface area (Å²) in [5.41, 5.74) is -0.414. The molecular formula is C18H17F3N4O3. The minimum Gasteiger partial charge on any atom is -0.489 e. The molecule has 0 atom stereocenters. The van der Waals surface area contributed by atoms with Crippen LogP contribution in [0.3, 0.4) is 0 Å². The zero-order valence-corrected chi connectivity index (χ0v) is 14.9. The quantitative estimate of drug-likeness (QED) is 0.666. The number of hydrogen-bond donors (Lipinski definition) is 1. The topological polar surface area (TPSA) is 82.2 Å². The SMILES string of the molecule is Cc1onc(C(=O)NCCn2cccn2)c1COc1cccc(C(F)(F)F)c1. The van der Waals surface area contributed by atoms with Crippen molar-refractivity contribution in [2.24, 2.45) is 0 Å². The molecule has 3 aromatic rings. The van der Waals surface area contributed by atoms with E-state index in [9.17, 15) is 18.0 Å². The summed E-state index contributed by atoms with van der Waals surface area (Å²) in [7, 11) is 0. The van der Waals surface area contributed by atoms with Crippen LogP contribution in [0.5, 0.6) is 5.75 Å². The van der Waals surface area contributed by atoms with Gasteiger partial charge < -0.3 is 14.6 Å². The minimum absolute atomic E-state index is 0.0282. The fourth-order valence-electron chi connectivity index (χ4n) is 2.46. The highest BCUT2D eigenvalue weighted by Crippen LogP contribution is 2.31. The number of alkyl halides is 3. The van der Waals surface area contributed by atoms with Gasteiger partial charge in [0, 0.05) is 18.9 Å². The van der Waals surface area contributed by atoms with Crippen molar-refractivity contribution in [3.8, 4) is 5.75 Å². The van der Waals surface area contributed by atoms with Gasteiger partial charge in [0.2, 0.25) is 0 Å². The van der Waals surface area contributed by atoms with Crippen molar-refractivity contribution in [2.45, 2.75) is 26.3 Å². The lowest BCUT2D eigenvalue weighted by Crippen LogP contribution is -2.28. The maximum Gasteiger partial charge on any atom is 0.416 e. The molecule has 3 rings (SSSR count). The van der Waals surface area contributed by atoms with Crippen molar-refractivity contribution in [2.75, 3.05) is 6.54 Å². The second-order valence-corrected chi connectivity index (χ2v) is 5.91. The molecule has 0 saturated carbocycles. The number of nitrogens with one attached hydrogen (secondary N) is 1. The van der Waals surface area contributed by atoms with E-state index in [0.717, 1.165) is 12.1 Å². The van der Waals surface area contributed by atoms with Gasteiger partial charge in [-0.05, 0) is 31.2 Å². The number of halogens is 3. The van der Waals surface area contributed by atoms with Gasteiger partial charge in [-0.25, -0.2) is 0 Å². The normalized spacial score (nSPS) is 11.4. The Hall–Kier alpha value is -3.30. The molecule has 0 aliphatic heterocycles. The first kappa shape index (κ1) is 19.5. The smallest absolute Gasteiger partial charge is 0.416 e. The average Bonchev–Trinajstić information content (AvgIpc) is 3.29. The van der Waals surface area contributed by atoms with Crippen LogP contribution < -0.4 is 10.1 Å². The summed E-state index contributed by atoms with van der Waals surface area (Å²) < 4.78 is 50.5. The fraction of sp³-hybridized carbons (Fsp3) is 0.278. The standard InChI is InChI=1S/C18H17F3N4O3/c1-12-15(11-27-14-5-2-4-13(10-14)18(19,20)21)16(24-28-12)17(26)22-7-9-25-8-3-6-23-25/h2-6,8,10H,7,9,11H2,1H3,(H,22,26). The number of amides is 1. The van der Waals surface area contributed by atoms with E-state index >= 15 is 0 Å². The summed E-state index contributed by atoms with van der Waals surface area (Å²) >= 11 is 0. The fourth-order valence-corrected chi connectivity index (χ4v) is 2.46. The lowest BCUT2D eigenvalue weighted by molar-refractivity contribution is -0.137. The molecule has 0 fully saturated rings. The molecule has 28 heavy (non-hydrogen) atoms. The summed E-state index contributed by atoms with van der Waals surface area (Å²) in [6.45, 7) is 2.24. The lowest BCUT2D eigenvalue weighted by Gasteiger charge is -2.10. The number of aryl methyl sites for hydroxylation is 1. The van der Waals surface area contributed by atoms with E-state index in [1.54, 1.807) is 30.1 Å². The Labute approximate surface area is 158 Å². The number of carbonyl (C=O) groups excluding carboxylic acids is 1. The monoisotopic (exact) mass is 394 g/mol. The van der Waals surface area contributed by atoms with E-state index < -0.39 is 17.6 Å². The van der Waals surface area contributed by atoms with Crippen LogP contribution in [0.1, 0.15) is 27.4 Å². The summed E-state index contributed by atoms with van der Waals surface area (Å²) in [5.74, 6) is -0.0867. The third-order valence-corrected chi connectivity index (χ3v) is 3.93. The van der Waals surface area contributed by atoms with Gasteiger partial charge in [-0.15, -0.1) is 0 Å². The number of nitrogens with zero attached hydrogens (tertiary/aromatic N) is 3. The third kappa shape index (κ3) is 4.70. The Kier molecular flexibility index (Phi) is 5.67. The largest absolute Gasteiger partial charge is 0.489 e. The summed E-state index contributed by atoms with van der Waals surface area (Å²) in [6.07, 6.45) is -1.07. The first-order valence-corrected chi connectivity index (χ1v) is 8.35. The molecule has 148 valence electrons. The summed E-state index contributed by atoms with van der Waals surface area (Å²) in [5, 5.41) is 10.4. The first-order valence-electron chi connectivity index (χ1n) is 8.35. The van der Waals surface area contributed by atoms with Crippen LogP contribution in [-0.2, 0) is 19.3 Å². The van der Waals surface area contributed by atoms with Crippen molar-refractivity contribution < 1.29 is 27.2 Å².